The lowest BCUT2D eigenvalue weighted by Gasteiger charge is -2.11. The van der Waals surface area contributed by atoms with E-state index in [-0.39, 0.29) is 6.04 Å². The van der Waals surface area contributed by atoms with E-state index in [0.29, 0.717) is 5.82 Å². The molecule has 0 spiro atoms. The van der Waals surface area contributed by atoms with Crippen LogP contribution in [-0.2, 0) is 12.8 Å². The number of hydrogen-bond donors (Lipinski definition) is 2. The third-order valence-corrected chi connectivity index (χ3v) is 2.80. The lowest BCUT2D eigenvalue weighted by molar-refractivity contribution is 0.607. The lowest BCUT2D eigenvalue weighted by atomic mass is 10.2. The summed E-state index contributed by atoms with van der Waals surface area (Å²) < 4.78 is 0. The van der Waals surface area contributed by atoms with E-state index in [4.69, 9.17) is 5.73 Å². The fourth-order valence-electron chi connectivity index (χ4n) is 1.80. The van der Waals surface area contributed by atoms with E-state index < -0.39 is 0 Å². The molecule has 1 aliphatic rings. The maximum atomic E-state index is 5.89. The number of nitrogens with zero attached hydrogens (tertiary/aromatic N) is 2. The Morgan fingerprint density at radius 1 is 1.36 bits per heavy atom. The van der Waals surface area contributed by atoms with Crippen LogP contribution in [0.1, 0.15) is 36.5 Å². The van der Waals surface area contributed by atoms with Gasteiger partial charge in [-0.05, 0) is 33.2 Å². The van der Waals surface area contributed by atoms with Gasteiger partial charge in [-0.1, -0.05) is 0 Å². The van der Waals surface area contributed by atoms with Crippen LogP contribution in [0.4, 0.5) is 5.82 Å². The summed E-state index contributed by atoms with van der Waals surface area (Å²) in [7, 11) is 1.90. The number of hydrogen-bond acceptors (Lipinski definition) is 4. The molecule has 1 unspecified atom stereocenters. The minimum Gasteiger partial charge on any atom is -0.383 e. The third kappa shape index (κ3) is 1.46. The lowest BCUT2D eigenvalue weighted by Crippen LogP contribution is -2.17. The highest BCUT2D eigenvalue weighted by molar-refractivity contribution is 5.44. The topological polar surface area (TPSA) is 63.8 Å². The standard InChI is InChI=1S/C10H16N4/c1-6(12-2)10-13-8-5-3-4-7(8)9(11)14-10/h6,12H,3-5H2,1-2H3,(H2,11,13,14). The van der Waals surface area contributed by atoms with E-state index in [0.717, 1.165) is 36.3 Å². The van der Waals surface area contributed by atoms with E-state index in [2.05, 4.69) is 15.3 Å². The molecule has 1 aromatic rings. The molecule has 1 aromatic heterocycles. The van der Waals surface area contributed by atoms with Crippen molar-refractivity contribution < 1.29 is 0 Å². The number of fused-ring (bicyclic) bond motifs is 1. The summed E-state index contributed by atoms with van der Waals surface area (Å²) in [5.41, 5.74) is 8.20. The van der Waals surface area contributed by atoms with E-state index in [1.54, 1.807) is 0 Å². The van der Waals surface area contributed by atoms with Crippen LogP contribution in [0.25, 0.3) is 0 Å². The number of aromatic nitrogens is 2. The van der Waals surface area contributed by atoms with Crippen LogP contribution in [-0.4, -0.2) is 17.0 Å². The molecule has 0 bridgehead atoms. The SMILES string of the molecule is CNC(C)c1nc(N)c2c(n1)CCC2. The number of aryl methyl sites for hydroxylation is 1. The normalized spacial score (nSPS) is 16.7. The quantitative estimate of drug-likeness (QED) is 0.728. The Bertz CT molecular complexity index is 348. The number of nitrogens with two attached hydrogens (primary N) is 1. The van der Waals surface area contributed by atoms with Gasteiger partial charge in [-0.2, -0.15) is 0 Å². The number of anilines is 1. The number of rotatable bonds is 2. The molecular formula is C10H16N4. The zero-order chi connectivity index (χ0) is 10.1. The summed E-state index contributed by atoms with van der Waals surface area (Å²) in [6.45, 7) is 2.04. The Kier molecular flexibility index (Phi) is 2.37. The monoisotopic (exact) mass is 192 g/mol. The molecule has 4 nitrogen and oxygen atoms in total. The molecule has 0 fully saturated rings. The van der Waals surface area contributed by atoms with Gasteiger partial charge in [0, 0.05) is 11.3 Å². The van der Waals surface area contributed by atoms with Gasteiger partial charge in [-0.3, -0.25) is 0 Å². The van der Waals surface area contributed by atoms with Crippen molar-refractivity contribution in [1.82, 2.24) is 15.3 Å². The fourth-order valence-corrected chi connectivity index (χ4v) is 1.80. The summed E-state index contributed by atoms with van der Waals surface area (Å²) >= 11 is 0. The van der Waals surface area contributed by atoms with Crippen molar-refractivity contribution in [3.05, 3.63) is 17.1 Å². The van der Waals surface area contributed by atoms with Gasteiger partial charge in [-0.15, -0.1) is 0 Å². The zero-order valence-electron chi connectivity index (χ0n) is 8.67. The van der Waals surface area contributed by atoms with Gasteiger partial charge < -0.3 is 11.1 Å². The molecule has 0 saturated carbocycles. The summed E-state index contributed by atoms with van der Waals surface area (Å²) in [5, 5.41) is 3.12. The highest BCUT2D eigenvalue weighted by Gasteiger charge is 2.19. The van der Waals surface area contributed by atoms with Crippen molar-refractivity contribution in [2.75, 3.05) is 12.8 Å². The van der Waals surface area contributed by atoms with E-state index in [1.165, 1.54) is 0 Å². The molecule has 2 rings (SSSR count). The average Bonchev–Trinajstić information content (AvgIpc) is 2.64. The van der Waals surface area contributed by atoms with E-state index >= 15 is 0 Å². The molecule has 0 aliphatic heterocycles. The maximum Gasteiger partial charge on any atom is 0.147 e. The predicted molar refractivity (Wildman–Crippen MR) is 55.9 cm³/mol. The van der Waals surface area contributed by atoms with Crippen molar-refractivity contribution in [3.63, 3.8) is 0 Å². The number of nitrogens with one attached hydrogen (secondary N) is 1. The Morgan fingerprint density at radius 2 is 2.14 bits per heavy atom. The van der Waals surface area contributed by atoms with Crippen LogP contribution < -0.4 is 11.1 Å². The largest absolute Gasteiger partial charge is 0.383 e. The van der Waals surface area contributed by atoms with Crippen LogP contribution >= 0.6 is 0 Å². The second-order valence-corrected chi connectivity index (χ2v) is 3.76. The summed E-state index contributed by atoms with van der Waals surface area (Å²) in [4.78, 5) is 8.85. The van der Waals surface area contributed by atoms with Crippen LogP contribution in [0.5, 0.6) is 0 Å². The first-order valence-electron chi connectivity index (χ1n) is 5.04. The third-order valence-electron chi connectivity index (χ3n) is 2.80. The van der Waals surface area contributed by atoms with Gasteiger partial charge >= 0.3 is 0 Å². The molecule has 4 heteroatoms. The van der Waals surface area contributed by atoms with Gasteiger partial charge in [0.25, 0.3) is 0 Å². The van der Waals surface area contributed by atoms with Gasteiger partial charge in [0.15, 0.2) is 0 Å². The van der Waals surface area contributed by atoms with Crippen molar-refractivity contribution >= 4 is 5.82 Å². The average molecular weight is 192 g/mol. The molecule has 0 saturated heterocycles. The first kappa shape index (κ1) is 9.40. The van der Waals surface area contributed by atoms with Crippen LogP contribution in [0.2, 0.25) is 0 Å². The van der Waals surface area contributed by atoms with Crippen molar-refractivity contribution in [3.8, 4) is 0 Å². The van der Waals surface area contributed by atoms with Crippen molar-refractivity contribution in [2.45, 2.75) is 32.2 Å². The highest BCUT2D eigenvalue weighted by Crippen LogP contribution is 2.25. The molecule has 1 atom stereocenters. The second-order valence-electron chi connectivity index (χ2n) is 3.76. The molecule has 76 valence electrons. The highest BCUT2D eigenvalue weighted by atomic mass is 15.0. The molecule has 1 aliphatic carbocycles. The van der Waals surface area contributed by atoms with Gasteiger partial charge in [0.2, 0.25) is 0 Å². The Hall–Kier alpha value is -1.16. The Labute approximate surface area is 83.9 Å². The summed E-state index contributed by atoms with van der Waals surface area (Å²) in [6, 6.07) is 0.170. The predicted octanol–water partition coefficient (Wildman–Crippen LogP) is 0.828. The fraction of sp³-hybridized carbons (Fsp3) is 0.600. The number of nitrogen functional groups attached to an aromatic ring is 1. The molecule has 3 N–H and O–H groups in total. The molecular weight excluding hydrogens is 176 g/mol. The van der Waals surface area contributed by atoms with Gasteiger partial charge in [0.05, 0.1) is 6.04 Å². The minimum atomic E-state index is 0.170. The smallest absolute Gasteiger partial charge is 0.147 e. The van der Waals surface area contributed by atoms with Crippen molar-refractivity contribution in [1.29, 1.82) is 0 Å². The summed E-state index contributed by atoms with van der Waals surface area (Å²) in [6.07, 6.45) is 3.24. The van der Waals surface area contributed by atoms with E-state index in [1.807, 2.05) is 14.0 Å². The second kappa shape index (κ2) is 3.53. The summed E-state index contributed by atoms with van der Waals surface area (Å²) in [5.74, 6) is 1.48. The Morgan fingerprint density at radius 3 is 2.86 bits per heavy atom. The van der Waals surface area contributed by atoms with Crippen LogP contribution in [0.3, 0.4) is 0 Å². The molecule has 1 heterocycles. The molecule has 0 amide bonds. The van der Waals surface area contributed by atoms with Crippen LogP contribution in [0, 0.1) is 0 Å². The van der Waals surface area contributed by atoms with Crippen molar-refractivity contribution in [2.24, 2.45) is 0 Å². The minimum absolute atomic E-state index is 0.170. The van der Waals surface area contributed by atoms with Gasteiger partial charge in [-0.25, -0.2) is 9.97 Å². The first-order valence-corrected chi connectivity index (χ1v) is 5.04. The maximum absolute atomic E-state index is 5.89. The van der Waals surface area contributed by atoms with Gasteiger partial charge in [0.1, 0.15) is 11.6 Å². The molecule has 0 aromatic carbocycles. The molecule has 0 radical (unpaired) electrons. The zero-order valence-corrected chi connectivity index (χ0v) is 8.67. The Balaban J connectivity index is 2.41. The molecule has 14 heavy (non-hydrogen) atoms. The van der Waals surface area contributed by atoms with E-state index in [9.17, 15) is 0 Å². The first-order chi connectivity index (χ1) is 6.72. The van der Waals surface area contributed by atoms with Crippen LogP contribution in [0.15, 0.2) is 0 Å².